The molecular weight excluding hydrogens is 302 g/mol. The molecule has 3 heteroatoms. The van der Waals surface area contributed by atoms with Crippen LogP contribution in [0, 0.1) is 0 Å². The van der Waals surface area contributed by atoms with Gasteiger partial charge in [0.1, 0.15) is 0 Å². The van der Waals surface area contributed by atoms with E-state index in [1.165, 1.54) is 44.2 Å². The molecule has 0 heterocycles. The van der Waals surface area contributed by atoms with Crippen LogP contribution in [0.5, 0.6) is 0 Å². The molecule has 2 rings (SSSR count). The number of nitrogens with zero attached hydrogens (tertiary/aromatic N) is 1. The van der Waals surface area contributed by atoms with Gasteiger partial charge in [0.05, 0.1) is 6.10 Å². The molecule has 0 amide bonds. The normalized spacial score (nSPS) is 18.9. The van der Waals surface area contributed by atoms with E-state index in [0.29, 0.717) is 6.04 Å². The zero-order chi connectivity index (χ0) is 13.8. The van der Waals surface area contributed by atoms with Crippen LogP contribution in [0.3, 0.4) is 0 Å². The van der Waals surface area contributed by atoms with Crippen molar-refractivity contribution >= 4 is 21.6 Å². The zero-order valence-corrected chi connectivity index (χ0v) is 13.5. The molecule has 1 aromatic carbocycles. The molecule has 0 aliphatic heterocycles. The monoisotopic (exact) mass is 325 g/mol. The topological polar surface area (TPSA) is 23.5 Å². The minimum atomic E-state index is -0.430. The van der Waals surface area contributed by atoms with Crippen molar-refractivity contribution in [3.05, 3.63) is 28.2 Å². The molecular formula is C16H24BrNO. The molecule has 0 saturated heterocycles. The molecule has 1 atom stereocenters. The molecule has 0 radical (unpaired) electrons. The summed E-state index contributed by atoms with van der Waals surface area (Å²) in [5.41, 5.74) is 2.19. The molecule has 1 saturated carbocycles. The van der Waals surface area contributed by atoms with Crippen LogP contribution < -0.4 is 4.90 Å². The first-order valence-corrected chi connectivity index (χ1v) is 8.09. The van der Waals surface area contributed by atoms with Crippen molar-refractivity contribution < 1.29 is 5.11 Å². The minimum Gasteiger partial charge on any atom is -0.389 e. The van der Waals surface area contributed by atoms with Gasteiger partial charge >= 0.3 is 0 Å². The Kier molecular flexibility index (Phi) is 5.28. The lowest BCUT2D eigenvalue weighted by Gasteiger charge is -2.31. The first-order valence-electron chi connectivity index (χ1n) is 7.30. The summed E-state index contributed by atoms with van der Waals surface area (Å²) < 4.78 is 1.03. The second-order valence-electron chi connectivity index (χ2n) is 5.64. The van der Waals surface area contributed by atoms with Gasteiger partial charge in [-0.15, -0.1) is 0 Å². The van der Waals surface area contributed by atoms with Crippen LogP contribution in [0.4, 0.5) is 5.69 Å². The van der Waals surface area contributed by atoms with Crippen LogP contribution in [0.25, 0.3) is 0 Å². The van der Waals surface area contributed by atoms with Crippen LogP contribution in [0.15, 0.2) is 22.7 Å². The summed E-state index contributed by atoms with van der Waals surface area (Å²) in [4.78, 5) is 2.37. The fourth-order valence-corrected chi connectivity index (χ4v) is 3.40. The average molecular weight is 326 g/mol. The summed E-state index contributed by atoms with van der Waals surface area (Å²) in [6.45, 7) is 1.84. The Balaban J connectivity index is 2.24. The molecule has 1 fully saturated rings. The van der Waals surface area contributed by atoms with E-state index in [2.05, 4.69) is 40.0 Å². The van der Waals surface area contributed by atoms with E-state index in [1.807, 2.05) is 13.0 Å². The fraction of sp³-hybridized carbons (Fsp3) is 0.625. The number of hydrogen-bond donors (Lipinski definition) is 1. The SMILES string of the molecule is CC(O)c1cc(Br)ccc1N(C)C1CCCCCC1. The minimum absolute atomic E-state index is 0.430. The van der Waals surface area contributed by atoms with E-state index < -0.39 is 6.10 Å². The van der Waals surface area contributed by atoms with Crippen LogP contribution in [0.1, 0.15) is 57.1 Å². The molecule has 0 spiro atoms. The summed E-state index contributed by atoms with van der Waals surface area (Å²) >= 11 is 3.49. The Morgan fingerprint density at radius 2 is 1.84 bits per heavy atom. The van der Waals surface area contributed by atoms with Gasteiger partial charge in [-0.2, -0.15) is 0 Å². The Bertz CT molecular complexity index is 411. The number of hydrogen-bond acceptors (Lipinski definition) is 2. The summed E-state index contributed by atoms with van der Waals surface area (Å²) in [6, 6.07) is 6.83. The van der Waals surface area contributed by atoms with E-state index in [0.717, 1.165) is 10.0 Å². The van der Waals surface area contributed by atoms with Crippen molar-refractivity contribution in [3.63, 3.8) is 0 Å². The van der Waals surface area contributed by atoms with Crippen molar-refractivity contribution in [2.45, 2.75) is 57.6 Å². The molecule has 1 unspecified atom stereocenters. The highest BCUT2D eigenvalue weighted by Gasteiger charge is 2.20. The lowest BCUT2D eigenvalue weighted by atomic mass is 10.0. The van der Waals surface area contributed by atoms with Gasteiger partial charge in [0, 0.05) is 28.8 Å². The third-order valence-corrected chi connectivity index (χ3v) is 4.69. The summed E-state index contributed by atoms with van der Waals surface area (Å²) in [5.74, 6) is 0. The maximum Gasteiger partial charge on any atom is 0.0782 e. The number of halogens is 1. The third kappa shape index (κ3) is 3.73. The van der Waals surface area contributed by atoms with Gasteiger partial charge in [-0.25, -0.2) is 0 Å². The standard InChI is InChI=1S/C16H24BrNO/c1-12(19)15-11-13(17)9-10-16(15)18(2)14-7-5-3-4-6-8-14/h9-12,14,19H,3-8H2,1-2H3. The van der Waals surface area contributed by atoms with E-state index in [4.69, 9.17) is 0 Å². The molecule has 106 valence electrons. The van der Waals surface area contributed by atoms with E-state index in [1.54, 1.807) is 0 Å². The van der Waals surface area contributed by atoms with Crippen molar-refractivity contribution in [1.29, 1.82) is 0 Å². The Labute approximate surface area is 124 Å². The number of benzene rings is 1. The van der Waals surface area contributed by atoms with Crippen LogP contribution in [0.2, 0.25) is 0 Å². The highest BCUT2D eigenvalue weighted by molar-refractivity contribution is 9.10. The van der Waals surface area contributed by atoms with Gasteiger partial charge in [0.15, 0.2) is 0 Å². The summed E-state index contributed by atoms with van der Waals surface area (Å²) in [5, 5.41) is 9.98. The quantitative estimate of drug-likeness (QED) is 0.817. The largest absolute Gasteiger partial charge is 0.389 e. The molecule has 1 N–H and O–H groups in total. The van der Waals surface area contributed by atoms with Crippen molar-refractivity contribution in [2.75, 3.05) is 11.9 Å². The molecule has 0 aromatic heterocycles. The zero-order valence-electron chi connectivity index (χ0n) is 11.9. The molecule has 2 nitrogen and oxygen atoms in total. The van der Waals surface area contributed by atoms with Gasteiger partial charge in [-0.1, -0.05) is 41.6 Å². The predicted octanol–water partition coefficient (Wildman–Crippen LogP) is 4.66. The lowest BCUT2D eigenvalue weighted by Crippen LogP contribution is -2.32. The molecule has 1 aliphatic rings. The molecule has 1 aromatic rings. The fourth-order valence-electron chi connectivity index (χ4n) is 3.02. The Morgan fingerprint density at radius 1 is 1.21 bits per heavy atom. The van der Waals surface area contributed by atoms with Crippen LogP contribution >= 0.6 is 15.9 Å². The molecule has 0 bridgehead atoms. The third-order valence-electron chi connectivity index (χ3n) is 4.19. The molecule has 1 aliphatic carbocycles. The average Bonchev–Trinajstić information content (AvgIpc) is 2.66. The Morgan fingerprint density at radius 3 is 2.42 bits per heavy atom. The summed E-state index contributed by atoms with van der Waals surface area (Å²) in [7, 11) is 2.17. The van der Waals surface area contributed by atoms with Crippen molar-refractivity contribution in [3.8, 4) is 0 Å². The second-order valence-corrected chi connectivity index (χ2v) is 6.55. The van der Waals surface area contributed by atoms with Gasteiger partial charge in [0.25, 0.3) is 0 Å². The van der Waals surface area contributed by atoms with Crippen molar-refractivity contribution in [1.82, 2.24) is 0 Å². The highest BCUT2D eigenvalue weighted by atomic mass is 79.9. The summed E-state index contributed by atoms with van der Waals surface area (Å²) in [6.07, 6.45) is 7.51. The van der Waals surface area contributed by atoms with Crippen LogP contribution in [-0.2, 0) is 0 Å². The first kappa shape index (κ1) is 14.9. The van der Waals surface area contributed by atoms with Crippen molar-refractivity contribution in [2.24, 2.45) is 0 Å². The number of aliphatic hydroxyl groups is 1. The number of aliphatic hydroxyl groups excluding tert-OH is 1. The van der Waals surface area contributed by atoms with Gasteiger partial charge in [0.2, 0.25) is 0 Å². The smallest absolute Gasteiger partial charge is 0.0782 e. The number of anilines is 1. The number of rotatable bonds is 3. The predicted molar refractivity (Wildman–Crippen MR) is 84.7 cm³/mol. The first-order chi connectivity index (χ1) is 9.09. The van der Waals surface area contributed by atoms with E-state index in [-0.39, 0.29) is 0 Å². The van der Waals surface area contributed by atoms with E-state index >= 15 is 0 Å². The highest BCUT2D eigenvalue weighted by Crippen LogP contribution is 2.32. The van der Waals surface area contributed by atoms with Gasteiger partial charge in [-0.05, 0) is 38.0 Å². The van der Waals surface area contributed by atoms with E-state index in [9.17, 15) is 5.11 Å². The second kappa shape index (κ2) is 6.76. The van der Waals surface area contributed by atoms with Crippen LogP contribution in [-0.4, -0.2) is 18.2 Å². The maximum absolute atomic E-state index is 9.98. The maximum atomic E-state index is 9.98. The van der Waals surface area contributed by atoms with Gasteiger partial charge in [-0.3, -0.25) is 0 Å². The Hall–Kier alpha value is -0.540. The molecule has 19 heavy (non-hydrogen) atoms. The lowest BCUT2D eigenvalue weighted by molar-refractivity contribution is 0.199. The van der Waals surface area contributed by atoms with Gasteiger partial charge < -0.3 is 10.0 Å².